The number of fused-ring (bicyclic) bond motifs is 2. The van der Waals surface area contributed by atoms with Crippen molar-refractivity contribution in [1.29, 1.82) is 0 Å². The standard InChI is InChI=1S/C27H24Br2N8OS2/c1-15(17-3-7-19(8-4-17)30-11-21-13-32-26-36(21)34-24(28)39-26)23(38)16(2)18-5-9-20(10-6-18)31-12-22-14-33-27-37(22)35-25(29)40-27/h3-10,13-16,30-31H,11-12H2,1-2H3. The van der Waals surface area contributed by atoms with Crippen LogP contribution < -0.4 is 10.6 Å². The molecule has 0 saturated carbocycles. The number of halogens is 2. The molecule has 6 rings (SSSR count). The van der Waals surface area contributed by atoms with Crippen LogP contribution in [-0.4, -0.2) is 35.0 Å². The van der Waals surface area contributed by atoms with E-state index >= 15 is 0 Å². The summed E-state index contributed by atoms with van der Waals surface area (Å²) in [5.74, 6) is -0.247. The van der Waals surface area contributed by atoms with Gasteiger partial charge in [-0.1, -0.05) is 60.8 Å². The van der Waals surface area contributed by atoms with Crippen molar-refractivity contribution in [1.82, 2.24) is 29.2 Å². The van der Waals surface area contributed by atoms with E-state index in [1.165, 1.54) is 22.7 Å². The van der Waals surface area contributed by atoms with Gasteiger partial charge in [0.1, 0.15) is 5.78 Å². The molecule has 0 bridgehead atoms. The summed E-state index contributed by atoms with van der Waals surface area (Å²) in [6.07, 6.45) is 3.66. The molecule has 0 saturated heterocycles. The molecule has 4 aromatic heterocycles. The van der Waals surface area contributed by atoms with E-state index in [9.17, 15) is 4.79 Å². The maximum absolute atomic E-state index is 13.4. The molecule has 13 heteroatoms. The van der Waals surface area contributed by atoms with E-state index in [-0.39, 0.29) is 17.6 Å². The minimum atomic E-state index is -0.217. The largest absolute Gasteiger partial charge is 0.379 e. The van der Waals surface area contributed by atoms with Gasteiger partial charge in [-0.05, 0) is 67.3 Å². The van der Waals surface area contributed by atoms with Gasteiger partial charge in [0, 0.05) is 23.2 Å². The van der Waals surface area contributed by atoms with Crippen molar-refractivity contribution in [3.63, 3.8) is 0 Å². The average Bonchev–Trinajstić information content (AvgIpc) is 3.72. The Labute approximate surface area is 254 Å². The molecule has 40 heavy (non-hydrogen) atoms. The van der Waals surface area contributed by atoms with Gasteiger partial charge in [-0.2, -0.15) is 0 Å². The minimum Gasteiger partial charge on any atom is -0.379 e. The van der Waals surface area contributed by atoms with Crippen LogP contribution in [0.4, 0.5) is 11.4 Å². The summed E-state index contributed by atoms with van der Waals surface area (Å²) < 4.78 is 5.27. The molecule has 2 N–H and O–H groups in total. The number of nitrogens with zero attached hydrogens (tertiary/aromatic N) is 6. The average molecular weight is 700 g/mol. The number of carbonyl (C=O) groups excluding carboxylic acids is 1. The Kier molecular flexibility index (Phi) is 7.71. The Morgan fingerprint density at radius 2 is 1.15 bits per heavy atom. The number of hydrogen-bond donors (Lipinski definition) is 2. The van der Waals surface area contributed by atoms with Crippen molar-refractivity contribution >= 4 is 81.6 Å². The predicted molar refractivity (Wildman–Crippen MR) is 167 cm³/mol. The van der Waals surface area contributed by atoms with Crippen LogP contribution in [0.3, 0.4) is 0 Å². The van der Waals surface area contributed by atoms with E-state index in [1.807, 2.05) is 83.8 Å². The summed E-state index contributed by atoms with van der Waals surface area (Å²) in [5, 5.41) is 15.7. The van der Waals surface area contributed by atoms with E-state index in [1.54, 1.807) is 0 Å². The summed E-state index contributed by atoms with van der Waals surface area (Å²) >= 11 is 9.80. The fraction of sp³-hybridized carbons (Fsp3) is 0.222. The second kappa shape index (κ2) is 11.4. The number of benzene rings is 2. The highest BCUT2D eigenvalue weighted by Gasteiger charge is 2.23. The van der Waals surface area contributed by atoms with Crippen LogP contribution in [0.1, 0.15) is 48.2 Å². The monoisotopic (exact) mass is 698 g/mol. The molecule has 6 aromatic rings. The van der Waals surface area contributed by atoms with Gasteiger partial charge in [-0.3, -0.25) is 4.79 Å². The lowest BCUT2D eigenvalue weighted by molar-refractivity contribution is -0.121. The molecule has 2 aromatic carbocycles. The Balaban J connectivity index is 1.04. The molecule has 0 spiro atoms. The fourth-order valence-corrected chi connectivity index (χ4v) is 6.97. The molecular formula is C27H24Br2N8OS2. The zero-order chi connectivity index (χ0) is 27.8. The number of imidazole rings is 2. The number of anilines is 2. The molecule has 0 aliphatic carbocycles. The van der Waals surface area contributed by atoms with Crippen LogP contribution in [-0.2, 0) is 17.9 Å². The Morgan fingerprint density at radius 3 is 1.55 bits per heavy atom. The number of Topliss-reactive ketones (excluding diaryl/α,β-unsaturated/α-hetero) is 1. The molecule has 9 nitrogen and oxygen atoms in total. The maximum atomic E-state index is 13.4. The zero-order valence-corrected chi connectivity index (χ0v) is 26.3. The predicted octanol–water partition coefficient (Wildman–Crippen LogP) is 7.12. The van der Waals surface area contributed by atoms with Crippen LogP contribution >= 0.6 is 54.5 Å². The van der Waals surface area contributed by atoms with E-state index in [4.69, 9.17) is 0 Å². The van der Waals surface area contributed by atoms with Gasteiger partial charge < -0.3 is 10.6 Å². The third-order valence-electron chi connectivity index (χ3n) is 6.88. The van der Waals surface area contributed by atoms with Gasteiger partial charge in [0.05, 0.1) is 36.9 Å². The normalized spacial score (nSPS) is 13.1. The first-order valence-corrected chi connectivity index (χ1v) is 15.8. The smallest absolute Gasteiger partial charge is 0.213 e. The van der Waals surface area contributed by atoms with Crippen LogP contribution in [0.2, 0.25) is 0 Å². The van der Waals surface area contributed by atoms with Crippen LogP contribution in [0.5, 0.6) is 0 Å². The van der Waals surface area contributed by atoms with Crippen molar-refractivity contribution in [3.05, 3.63) is 91.3 Å². The Bertz CT molecular complexity index is 1660. The van der Waals surface area contributed by atoms with E-state index in [2.05, 4.69) is 62.7 Å². The van der Waals surface area contributed by atoms with Crippen molar-refractivity contribution in [2.45, 2.75) is 38.8 Å². The molecule has 0 radical (unpaired) electrons. The lowest BCUT2D eigenvalue weighted by atomic mass is 9.86. The third-order valence-corrected chi connectivity index (χ3v) is 9.60. The van der Waals surface area contributed by atoms with E-state index < -0.39 is 0 Å². The number of carbonyl (C=O) groups is 1. The van der Waals surface area contributed by atoms with Crippen LogP contribution in [0.25, 0.3) is 9.92 Å². The first kappa shape index (κ1) is 27.1. The van der Waals surface area contributed by atoms with Gasteiger partial charge >= 0.3 is 0 Å². The van der Waals surface area contributed by atoms with Gasteiger partial charge in [0.25, 0.3) is 0 Å². The molecule has 204 valence electrons. The number of ketones is 1. The van der Waals surface area contributed by atoms with Crippen molar-refractivity contribution in [3.8, 4) is 0 Å². The molecular weight excluding hydrogens is 676 g/mol. The number of rotatable bonds is 10. The highest BCUT2D eigenvalue weighted by Crippen LogP contribution is 2.28. The highest BCUT2D eigenvalue weighted by atomic mass is 79.9. The molecule has 0 fully saturated rings. The van der Waals surface area contributed by atoms with Crippen molar-refractivity contribution < 1.29 is 4.79 Å². The fourth-order valence-electron chi connectivity index (χ4n) is 4.53. The lowest BCUT2D eigenvalue weighted by Gasteiger charge is -2.18. The molecule has 2 atom stereocenters. The number of nitrogens with one attached hydrogen (secondary N) is 2. The summed E-state index contributed by atoms with van der Waals surface area (Å²) in [6.45, 7) is 5.15. The van der Waals surface area contributed by atoms with Gasteiger partial charge in [-0.15, -0.1) is 10.2 Å². The van der Waals surface area contributed by atoms with Gasteiger partial charge in [-0.25, -0.2) is 19.0 Å². The quantitative estimate of drug-likeness (QED) is 0.157. The lowest BCUT2D eigenvalue weighted by Crippen LogP contribution is -2.16. The van der Waals surface area contributed by atoms with E-state index in [0.29, 0.717) is 13.1 Å². The van der Waals surface area contributed by atoms with Crippen molar-refractivity contribution in [2.24, 2.45) is 0 Å². The first-order chi connectivity index (χ1) is 19.4. The topological polar surface area (TPSA) is 102 Å². The summed E-state index contributed by atoms with van der Waals surface area (Å²) in [4.78, 5) is 23.8. The summed E-state index contributed by atoms with van der Waals surface area (Å²) in [6, 6.07) is 16.1. The first-order valence-electron chi connectivity index (χ1n) is 12.5. The minimum absolute atomic E-state index is 0.188. The van der Waals surface area contributed by atoms with Crippen molar-refractivity contribution in [2.75, 3.05) is 10.6 Å². The molecule has 0 aliphatic rings. The highest BCUT2D eigenvalue weighted by molar-refractivity contribution is 9.11. The maximum Gasteiger partial charge on any atom is 0.213 e. The van der Waals surface area contributed by atoms with Crippen LogP contribution in [0, 0.1) is 0 Å². The molecule has 2 unspecified atom stereocenters. The summed E-state index contributed by atoms with van der Waals surface area (Å²) in [7, 11) is 0. The Morgan fingerprint density at radius 1 is 0.750 bits per heavy atom. The number of hydrogen-bond acceptors (Lipinski definition) is 9. The summed E-state index contributed by atoms with van der Waals surface area (Å²) in [5.41, 5.74) is 5.90. The molecule has 0 amide bonds. The van der Waals surface area contributed by atoms with Crippen LogP contribution in [0.15, 0.2) is 68.8 Å². The van der Waals surface area contributed by atoms with Gasteiger partial charge in [0.15, 0.2) is 7.83 Å². The second-order valence-corrected chi connectivity index (χ2v) is 13.9. The molecule has 0 aliphatic heterocycles. The van der Waals surface area contributed by atoms with E-state index in [0.717, 1.165) is 51.6 Å². The zero-order valence-electron chi connectivity index (χ0n) is 21.5. The third kappa shape index (κ3) is 5.55. The van der Waals surface area contributed by atoms with Gasteiger partial charge in [0.2, 0.25) is 9.92 Å². The SMILES string of the molecule is CC(C(=O)C(C)c1ccc(NCc2cnc3sc(Br)nn23)cc1)c1ccc(NCc2cnc3sc(Br)nn23)cc1. The number of aromatic nitrogens is 6. The Hall–Kier alpha value is -3.13. The molecule has 4 heterocycles. The second-order valence-electron chi connectivity index (χ2n) is 9.39.